The first kappa shape index (κ1) is 12.0. The summed E-state index contributed by atoms with van der Waals surface area (Å²) in [7, 11) is 0. The first-order valence-electron chi connectivity index (χ1n) is 6.53. The van der Waals surface area contributed by atoms with Crippen LogP contribution >= 0.6 is 0 Å². The van der Waals surface area contributed by atoms with Gasteiger partial charge in [-0.2, -0.15) is 0 Å². The van der Waals surface area contributed by atoms with Gasteiger partial charge in [-0.25, -0.2) is 0 Å². The third-order valence-corrected chi connectivity index (χ3v) is 3.06. The zero-order valence-corrected chi connectivity index (χ0v) is 10.8. The largest absolute Gasteiger partial charge is 0.463 e. The van der Waals surface area contributed by atoms with Gasteiger partial charge in [0.2, 0.25) is 0 Å². The monoisotopic (exact) mass is 231 g/mol. The van der Waals surface area contributed by atoms with E-state index in [-0.39, 0.29) is 0 Å². The Bertz CT molecular complexity index is 392. The van der Waals surface area contributed by atoms with Crippen LogP contribution in [0.15, 0.2) is 36.2 Å². The standard InChI is InChI=1S/C15H21NO/c1-3-9-16(10-4-2)14-11-13-7-5-6-8-15(13)17-12-14/h5-8,12H,3-4,9-11H2,1-2H3. The predicted molar refractivity (Wildman–Crippen MR) is 71.0 cm³/mol. The summed E-state index contributed by atoms with van der Waals surface area (Å²) in [4.78, 5) is 2.44. The third kappa shape index (κ3) is 2.82. The van der Waals surface area contributed by atoms with E-state index in [1.807, 2.05) is 18.4 Å². The minimum absolute atomic E-state index is 0.996. The van der Waals surface area contributed by atoms with Gasteiger partial charge in [-0.05, 0) is 18.9 Å². The van der Waals surface area contributed by atoms with Gasteiger partial charge in [0.1, 0.15) is 12.0 Å². The lowest BCUT2D eigenvalue weighted by Gasteiger charge is -2.29. The second kappa shape index (κ2) is 5.76. The zero-order chi connectivity index (χ0) is 12.1. The molecule has 0 bridgehead atoms. The molecule has 0 aliphatic carbocycles. The Balaban J connectivity index is 2.11. The average molecular weight is 231 g/mol. The van der Waals surface area contributed by atoms with Gasteiger partial charge < -0.3 is 9.64 Å². The summed E-state index contributed by atoms with van der Waals surface area (Å²) in [5, 5.41) is 0. The fourth-order valence-electron chi connectivity index (χ4n) is 2.26. The van der Waals surface area contributed by atoms with E-state index in [2.05, 4.69) is 30.9 Å². The second-order valence-corrected chi connectivity index (χ2v) is 4.50. The molecule has 1 aromatic carbocycles. The third-order valence-electron chi connectivity index (χ3n) is 3.06. The van der Waals surface area contributed by atoms with E-state index in [4.69, 9.17) is 4.74 Å². The molecule has 0 fully saturated rings. The van der Waals surface area contributed by atoms with Gasteiger partial charge >= 0.3 is 0 Å². The summed E-state index contributed by atoms with van der Waals surface area (Å²) in [6.07, 6.45) is 5.28. The molecule has 0 spiro atoms. The molecule has 1 heterocycles. The number of fused-ring (bicyclic) bond motifs is 1. The van der Waals surface area contributed by atoms with E-state index in [0.717, 1.165) is 25.3 Å². The highest BCUT2D eigenvalue weighted by molar-refractivity contribution is 5.39. The van der Waals surface area contributed by atoms with Crippen LogP contribution in [0.2, 0.25) is 0 Å². The van der Waals surface area contributed by atoms with Gasteiger partial charge in [-0.3, -0.25) is 0 Å². The van der Waals surface area contributed by atoms with Crippen LogP contribution in [0.25, 0.3) is 0 Å². The molecular formula is C15H21NO. The van der Waals surface area contributed by atoms with Crippen LogP contribution in [0.1, 0.15) is 32.3 Å². The summed E-state index contributed by atoms with van der Waals surface area (Å²) in [5.74, 6) is 1.00. The molecule has 0 unspecified atom stereocenters. The smallest absolute Gasteiger partial charge is 0.130 e. The lowest BCUT2D eigenvalue weighted by atomic mass is 10.1. The van der Waals surface area contributed by atoms with E-state index < -0.39 is 0 Å². The number of rotatable bonds is 5. The van der Waals surface area contributed by atoms with Gasteiger partial charge in [-0.1, -0.05) is 32.0 Å². The Labute approximate surface area is 104 Å². The number of nitrogens with zero attached hydrogens (tertiary/aromatic N) is 1. The SMILES string of the molecule is CCCN(CCC)C1=COc2ccccc2C1. The molecular weight excluding hydrogens is 210 g/mol. The van der Waals surface area contributed by atoms with Crippen molar-refractivity contribution in [2.75, 3.05) is 13.1 Å². The topological polar surface area (TPSA) is 12.5 Å². The number of allylic oxidation sites excluding steroid dienone is 1. The Morgan fingerprint density at radius 1 is 1.12 bits per heavy atom. The summed E-state index contributed by atoms with van der Waals surface area (Å²) in [5.41, 5.74) is 2.61. The molecule has 92 valence electrons. The molecule has 0 saturated heterocycles. The summed E-state index contributed by atoms with van der Waals surface area (Å²) in [6, 6.07) is 8.29. The highest BCUT2D eigenvalue weighted by atomic mass is 16.5. The quantitative estimate of drug-likeness (QED) is 0.768. The van der Waals surface area contributed by atoms with Crippen LogP contribution in [0.5, 0.6) is 5.75 Å². The number of para-hydroxylation sites is 1. The fourth-order valence-corrected chi connectivity index (χ4v) is 2.26. The van der Waals surface area contributed by atoms with E-state index in [0.29, 0.717) is 0 Å². The number of hydrogen-bond donors (Lipinski definition) is 0. The predicted octanol–water partition coefficient (Wildman–Crippen LogP) is 3.58. The average Bonchev–Trinajstić information content (AvgIpc) is 2.38. The van der Waals surface area contributed by atoms with Crippen molar-refractivity contribution in [3.63, 3.8) is 0 Å². The first-order valence-corrected chi connectivity index (χ1v) is 6.53. The second-order valence-electron chi connectivity index (χ2n) is 4.50. The van der Waals surface area contributed by atoms with Crippen LogP contribution in [-0.4, -0.2) is 18.0 Å². The van der Waals surface area contributed by atoms with Crippen molar-refractivity contribution in [1.82, 2.24) is 4.90 Å². The summed E-state index contributed by atoms with van der Waals surface area (Å²) >= 11 is 0. The van der Waals surface area contributed by atoms with Crippen molar-refractivity contribution in [2.24, 2.45) is 0 Å². The lowest BCUT2D eigenvalue weighted by Crippen LogP contribution is -2.27. The van der Waals surface area contributed by atoms with Gasteiger partial charge in [0, 0.05) is 25.1 Å². The van der Waals surface area contributed by atoms with Crippen LogP contribution in [0.4, 0.5) is 0 Å². The van der Waals surface area contributed by atoms with Crippen molar-refractivity contribution in [3.8, 4) is 5.75 Å². The van der Waals surface area contributed by atoms with Gasteiger partial charge in [0.05, 0.1) is 5.70 Å². The molecule has 2 nitrogen and oxygen atoms in total. The molecule has 0 amide bonds. The van der Waals surface area contributed by atoms with Crippen molar-refractivity contribution in [3.05, 3.63) is 41.8 Å². The Hall–Kier alpha value is -1.44. The summed E-state index contributed by atoms with van der Waals surface area (Å²) in [6.45, 7) is 6.68. The van der Waals surface area contributed by atoms with Crippen molar-refractivity contribution < 1.29 is 4.74 Å². The lowest BCUT2D eigenvalue weighted by molar-refractivity contribution is 0.311. The Morgan fingerprint density at radius 3 is 2.53 bits per heavy atom. The van der Waals surface area contributed by atoms with E-state index in [1.165, 1.54) is 24.1 Å². The van der Waals surface area contributed by atoms with Crippen LogP contribution in [-0.2, 0) is 6.42 Å². The van der Waals surface area contributed by atoms with Gasteiger partial charge in [-0.15, -0.1) is 0 Å². The van der Waals surface area contributed by atoms with Crippen LogP contribution < -0.4 is 4.74 Å². The molecule has 1 aliphatic heterocycles. The zero-order valence-electron chi connectivity index (χ0n) is 10.8. The minimum atomic E-state index is 0.996. The molecule has 0 aromatic heterocycles. The highest BCUT2D eigenvalue weighted by Crippen LogP contribution is 2.27. The van der Waals surface area contributed by atoms with Crippen molar-refractivity contribution in [1.29, 1.82) is 0 Å². The molecule has 1 aliphatic rings. The van der Waals surface area contributed by atoms with E-state index in [9.17, 15) is 0 Å². The number of benzene rings is 1. The molecule has 0 saturated carbocycles. The molecule has 2 heteroatoms. The summed E-state index contributed by atoms with van der Waals surface area (Å²) < 4.78 is 5.71. The van der Waals surface area contributed by atoms with Crippen molar-refractivity contribution >= 4 is 0 Å². The first-order chi connectivity index (χ1) is 8.35. The highest BCUT2D eigenvalue weighted by Gasteiger charge is 2.16. The van der Waals surface area contributed by atoms with E-state index in [1.54, 1.807) is 0 Å². The number of hydrogen-bond acceptors (Lipinski definition) is 2. The Morgan fingerprint density at radius 2 is 1.82 bits per heavy atom. The maximum Gasteiger partial charge on any atom is 0.130 e. The minimum Gasteiger partial charge on any atom is -0.463 e. The van der Waals surface area contributed by atoms with Crippen LogP contribution in [0, 0.1) is 0 Å². The maximum absolute atomic E-state index is 5.71. The van der Waals surface area contributed by atoms with Crippen molar-refractivity contribution in [2.45, 2.75) is 33.1 Å². The molecule has 17 heavy (non-hydrogen) atoms. The molecule has 0 radical (unpaired) electrons. The normalized spacial score (nSPS) is 13.6. The molecule has 1 aromatic rings. The maximum atomic E-state index is 5.71. The molecule has 0 N–H and O–H groups in total. The number of ether oxygens (including phenoxy) is 1. The van der Waals surface area contributed by atoms with Gasteiger partial charge in [0.25, 0.3) is 0 Å². The fraction of sp³-hybridized carbons (Fsp3) is 0.467. The van der Waals surface area contributed by atoms with Gasteiger partial charge in [0.15, 0.2) is 0 Å². The Kier molecular flexibility index (Phi) is 4.08. The van der Waals surface area contributed by atoms with Crippen LogP contribution in [0.3, 0.4) is 0 Å². The van der Waals surface area contributed by atoms with E-state index >= 15 is 0 Å². The molecule has 2 rings (SSSR count). The molecule has 0 atom stereocenters.